The van der Waals surface area contributed by atoms with Gasteiger partial charge in [0.2, 0.25) is 11.8 Å². The zero-order valence-electron chi connectivity index (χ0n) is 16.6. The van der Waals surface area contributed by atoms with Crippen LogP contribution in [0.1, 0.15) is 24.5 Å². The molecule has 0 aliphatic rings. The second kappa shape index (κ2) is 10.9. The van der Waals surface area contributed by atoms with E-state index >= 15 is 0 Å². The van der Waals surface area contributed by atoms with E-state index in [2.05, 4.69) is 11.9 Å². The van der Waals surface area contributed by atoms with Crippen LogP contribution < -0.4 is 10.1 Å². The van der Waals surface area contributed by atoms with E-state index < -0.39 is 6.04 Å². The molecule has 0 aliphatic carbocycles. The average Bonchev–Trinajstić information content (AvgIpc) is 2.75. The molecule has 1 unspecified atom stereocenters. The number of rotatable bonds is 10. The summed E-state index contributed by atoms with van der Waals surface area (Å²) in [5.74, 6) is 0.506. The van der Waals surface area contributed by atoms with Crippen LogP contribution in [0.3, 0.4) is 0 Å². The molecular weight excluding hydrogens is 352 g/mol. The van der Waals surface area contributed by atoms with Gasteiger partial charge in [0.15, 0.2) is 0 Å². The number of methoxy groups -OCH3 is 1. The Labute approximate surface area is 167 Å². The summed E-state index contributed by atoms with van der Waals surface area (Å²) in [6, 6.07) is 16.7. The fourth-order valence-corrected chi connectivity index (χ4v) is 2.98. The highest BCUT2D eigenvalue weighted by Crippen LogP contribution is 2.18. The summed E-state index contributed by atoms with van der Waals surface area (Å²) in [7, 11) is 1.61. The van der Waals surface area contributed by atoms with Gasteiger partial charge in [-0.05, 0) is 23.3 Å². The summed E-state index contributed by atoms with van der Waals surface area (Å²) >= 11 is 0. The van der Waals surface area contributed by atoms with Gasteiger partial charge < -0.3 is 15.0 Å². The van der Waals surface area contributed by atoms with Crippen molar-refractivity contribution in [3.8, 4) is 5.75 Å². The molecule has 2 amide bonds. The van der Waals surface area contributed by atoms with Crippen molar-refractivity contribution >= 4 is 11.8 Å². The van der Waals surface area contributed by atoms with Crippen molar-refractivity contribution in [2.24, 2.45) is 0 Å². The molecule has 0 aliphatic heterocycles. The lowest BCUT2D eigenvalue weighted by atomic mass is 10.0. The van der Waals surface area contributed by atoms with Gasteiger partial charge in [-0.2, -0.15) is 0 Å². The Kier molecular flexibility index (Phi) is 8.28. The van der Waals surface area contributed by atoms with Crippen molar-refractivity contribution in [1.82, 2.24) is 10.2 Å². The average molecular weight is 380 g/mol. The van der Waals surface area contributed by atoms with Crippen LogP contribution in [0.15, 0.2) is 67.3 Å². The van der Waals surface area contributed by atoms with E-state index in [1.165, 1.54) is 0 Å². The van der Waals surface area contributed by atoms with Gasteiger partial charge in [0.05, 0.1) is 7.11 Å². The zero-order chi connectivity index (χ0) is 20.4. The van der Waals surface area contributed by atoms with Crippen LogP contribution in [-0.4, -0.2) is 36.4 Å². The van der Waals surface area contributed by atoms with Crippen molar-refractivity contribution in [2.75, 3.05) is 13.7 Å². The fraction of sp³-hybridized carbons (Fsp3) is 0.304. The van der Waals surface area contributed by atoms with E-state index in [0.29, 0.717) is 25.9 Å². The van der Waals surface area contributed by atoms with Crippen LogP contribution in [0.25, 0.3) is 0 Å². The fourth-order valence-electron chi connectivity index (χ4n) is 2.98. The van der Waals surface area contributed by atoms with Gasteiger partial charge in [-0.1, -0.05) is 55.5 Å². The molecule has 148 valence electrons. The van der Waals surface area contributed by atoms with Crippen molar-refractivity contribution < 1.29 is 14.3 Å². The van der Waals surface area contributed by atoms with Gasteiger partial charge in [0.1, 0.15) is 11.8 Å². The van der Waals surface area contributed by atoms with Crippen LogP contribution in [0.2, 0.25) is 0 Å². The second-order valence-corrected chi connectivity index (χ2v) is 6.46. The van der Waals surface area contributed by atoms with Gasteiger partial charge in [-0.3, -0.25) is 9.59 Å². The number of ether oxygens (including phenoxy) is 1. The first kappa shape index (κ1) is 21.2. The van der Waals surface area contributed by atoms with Crippen molar-refractivity contribution in [3.63, 3.8) is 0 Å². The van der Waals surface area contributed by atoms with Crippen LogP contribution in [-0.2, 0) is 22.6 Å². The largest absolute Gasteiger partial charge is 0.497 e. The normalized spacial score (nSPS) is 11.4. The summed E-state index contributed by atoms with van der Waals surface area (Å²) in [5, 5.41) is 2.85. The number of amides is 2. The quantitative estimate of drug-likeness (QED) is 0.643. The third-order valence-corrected chi connectivity index (χ3v) is 4.51. The first-order valence-corrected chi connectivity index (χ1v) is 9.44. The lowest BCUT2D eigenvalue weighted by Gasteiger charge is -2.31. The summed E-state index contributed by atoms with van der Waals surface area (Å²) in [6.45, 7) is 6.18. The van der Waals surface area contributed by atoms with E-state index in [1.807, 2.05) is 61.5 Å². The molecule has 0 radical (unpaired) electrons. The molecule has 0 fully saturated rings. The van der Waals surface area contributed by atoms with E-state index in [-0.39, 0.29) is 11.8 Å². The summed E-state index contributed by atoms with van der Waals surface area (Å²) in [5.41, 5.74) is 1.95. The molecule has 0 saturated carbocycles. The minimum Gasteiger partial charge on any atom is -0.497 e. The van der Waals surface area contributed by atoms with E-state index in [4.69, 9.17) is 4.74 Å². The monoisotopic (exact) mass is 380 g/mol. The first-order valence-electron chi connectivity index (χ1n) is 9.44. The third-order valence-electron chi connectivity index (χ3n) is 4.51. The highest BCUT2D eigenvalue weighted by atomic mass is 16.5. The molecule has 1 N–H and O–H groups in total. The summed E-state index contributed by atoms with van der Waals surface area (Å²) in [4.78, 5) is 27.3. The number of nitrogens with one attached hydrogen (secondary N) is 1. The summed E-state index contributed by atoms with van der Waals surface area (Å²) < 4.78 is 5.20. The van der Waals surface area contributed by atoms with E-state index in [9.17, 15) is 9.59 Å². The lowest BCUT2D eigenvalue weighted by molar-refractivity contribution is -0.140. The van der Waals surface area contributed by atoms with Gasteiger partial charge in [-0.25, -0.2) is 0 Å². The maximum atomic E-state index is 12.9. The highest BCUT2D eigenvalue weighted by molar-refractivity contribution is 5.88. The minimum absolute atomic E-state index is 0.0643. The van der Waals surface area contributed by atoms with Crippen LogP contribution >= 0.6 is 0 Å². The number of hydrogen-bond donors (Lipinski definition) is 1. The maximum Gasteiger partial charge on any atom is 0.243 e. The number of carbonyl (C=O) groups is 2. The SMILES string of the molecule is C=CCNC(=O)C(Cc1ccccc1)N(Cc1ccc(OC)cc1)C(=O)CC. The standard InChI is InChI=1S/C23H28N2O3/c1-4-15-24-23(27)21(16-18-9-7-6-8-10-18)25(22(26)5-2)17-19-11-13-20(28-3)14-12-19/h4,6-14,21H,1,5,15-17H2,2-3H3,(H,24,27). The maximum absolute atomic E-state index is 12.9. The topological polar surface area (TPSA) is 58.6 Å². The Morgan fingerprint density at radius 2 is 1.79 bits per heavy atom. The molecule has 28 heavy (non-hydrogen) atoms. The van der Waals surface area contributed by atoms with Gasteiger partial charge in [-0.15, -0.1) is 6.58 Å². The Hall–Kier alpha value is -3.08. The van der Waals surface area contributed by atoms with Gasteiger partial charge in [0, 0.05) is 25.9 Å². The second-order valence-electron chi connectivity index (χ2n) is 6.46. The van der Waals surface area contributed by atoms with Gasteiger partial charge >= 0.3 is 0 Å². The van der Waals surface area contributed by atoms with Crippen LogP contribution in [0, 0.1) is 0 Å². The van der Waals surface area contributed by atoms with E-state index in [0.717, 1.165) is 16.9 Å². The first-order chi connectivity index (χ1) is 13.6. The third kappa shape index (κ3) is 5.98. The Morgan fingerprint density at radius 1 is 1.11 bits per heavy atom. The van der Waals surface area contributed by atoms with Gasteiger partial charge in [0.25, 0.3) is 0 Å². The predicted octanol–water partition coefficient (Wildman–Crippen LogP) is 3.35. The molecule has 2 aromatic rings. The highest BCUT2D eigenvalue weighted by Gasteiger charge is 2.29. The zero-order valence-corrected chi connectivity index (χ0v) is 16.6. The minimum atomic E-state index is -0.600. The Bertz CT molecular complexity index is 772. The molecule has 2 aromatic carbocycles. The van der Waals surface area contributed by atoms with Crippen LogP contribution in [0.5, 0.6) is 5.75 Å². The molecule has 0 saturated heterocycles. The van der Waals surface area contributed by atoms with E-state index in [1.54, 1.807) is 18.1 Å². The smallest absolute Gasteiger partial charge is 0.243 e. The number of carbonyl (C=O) groups excluding carboxylic acids is 2. The number of nitrogens with zero attached hydrogens (tertiary/aromatic N) is 1. The molecule has 0 aromatic heterocycles. The molecule has 0 heterocycles. The molecule has 5 nitrogen and oxygen atoms in total. The molecular formula is C23H28N2O3. The van der Waals surface area contributed by atoms with Crippen molar-refractivity contribution in [3.05, 3.63) is 78.4 Å². The predicted molar refractivity (Wildman–Crippen MR) is 111 cm³/mol. The van der Waals surface area contributed by atoms with Crippen molar-refractivity contribution in [2.45, 2.75) is 32.4 Å². The van der Waals surface area contributed by atoms with Crippen LogP contribution in [0.4, 0.5) is 0 Å². The molecule has 5 heteroatoms. The Balaban J connectivity index is 2.31. The molecule has 0 bridgehead atoms. The molecule has 1 atom stereocenters. The number of hydrogen-bond acceptors (Lipinski definition) is 3. The number of benzene rings is 2. The lowest BCUT2D eigenvalue weighted by Crippen LogP contribution is -2.50. The molecule has 2 rings (SSSR count). The summed E-state index contributed by atoms with van der Waals surface area (Å²) in [6.07, 6.45) is 2.41. The molecule has 0 spiro atoms. The van der Waals surface area contributed by atoms with Crippen molar-refractivity contribution in [1.29, 1.82) is 0 Å². The Morgan fingerprint density at radius 3 is 2.36 bits per heavy atom.